The highest BCUT2D eigenvalue weighted by molar-refractivity contribution is 5.95. The zero-order valence-corrected chi connectivity index (χ0v) is 10.1. The molecule has 2 heteroatoms. The summed E-state index contributed by atoms with van der Waals surface area (Å²) in [5, 5.41) is 3.04. The minimum Gasteiger partial charge on any atom is -0.326 e. The maximum atomic E-state index is 12.0. The summed E-state index contributed by atoms with van der Waals surface area (Å²) in [7, 11) is 0. The third-order valence-corrected chi connectivity index (χ3v) is 4.20. The van der Waals surface area contributed by atoms with Crippen LogP contribution in [0, 0.1) is 11.8 Å². The third kappa shape index (κ3) is 2.21. The van der Waals surface area contributed by atoms with Crippen molar-refractivity contribution < 1.29 is 4.79 Å². The molecule has 1 unspecified atom stereocenters. The largest absolute Gasteiger partial charge is 0.326 e. The molecule has 1 heterocycles. The van der Waals surface area contributed by atoms with Gasteiger partial charge in [-0.2, -0.15) is 0 Å². The highest BCUT2D eigenvalue weighted by Gasteiger charge is 2.29. The predicted octanol–water partition coefficient (Wildman–Crippen LogP) is 3.38. The van der Waals surface area contributed by atoms with E-state index in [0.717, 1.165) is 24.4 Å². The van der Waals surface area contributed by atoms with Crippen LogP contribution in [-0.4, -0.2) is 5.91 Å². The van der Waals surface area contributed by atoms with Crippen LogP contribution < -0.4 is 5.32 Å². The summed E-state index contributed by atoms with van der Waals surface area (Å²) in [6.07, 6.45) is 7.38. The highest BCUT2D eigenvalue weighted by atomic mass is 16.1. The minimum atomic E-state index is 0.202. The second-order valence-corrected chi connectivity index (χ2v) is 5.43. The van der Waals surface area contributed by atoms with E-state index in [1.165, 1.54) is 31.2 Å². The summed E-state index contributed by atoms with van der Waals surface area (Å²) in [4.78, 5) is 12.0. The summed E-state index contributed by atoms with van der Waals surface area (Å²) in [5.41, 5.74) is 2.32. The molecule has 2 aliphatic rings. The minimum absolute atomic E-state index is 0.202. The normalized spacial score (nSPS) is 24.5. The van der Waals surface area contributed by atoms with Gasteiger partial charge in [0.25, 0.3) is 0 Å². The molecule has 0 aromatic heterocycles. The zero-order valence-electron chi connectivity index (χ0n) is 10.1. The molecule has 90 valence electrons. The number of benzene rings is 1. The number of nitrogens with one attached hydrogen (secondary N) is 1. The quantitative estimate of drug-likeness (QED) is 0.827. The lowest BCUT2D eigenvalue weighted by molar-refractivity contribution is -0.120. The SMILES string of the molecule is O=C1Nc2ccccc2CC1CC1CCCC1. The van der Waals surface area contributed by atoms with Gasteiger partial charge in [-0.25, -0.2) is 0 Å². The molecule has 1 aliphatic carbocycles. The average Bonchev–Trinajstić information content (AvgIpc) is 2.83. The number of rotatable bonds is 2. The molecule has 0 radical (unpaired) electrons. The van der Waals surface area contributed by atoms with Gasteiger partial charge in [-0.1, -0.05) is 43.9 Å². The van der Waals surface area contributed by atoms with Crippen molar-refractivity contribution in [2.75, 3.05) is 5.32 Å². The fourth-order valence-corrected chi connectivity index (χ4v) is 3.25. The molecule has 1 aromatic rings. The molecule has 0 saturated heterocycles. The number of amides is 1. The predicted molar refractivity (Wildman–Crippen MR) is 68.8 cm³/mol. The Balaban J connectivity index is 1.72. The van der Waals surface area contributed by atoms with E-state index in [1.54, 1.807) is 0 Å². The lowest BCUT2D eigenvalue weighted by Gasteiger charge is -2.26. The second-order valence-electron chi connectivity index (χ2n) is 5.43. The summed E-state index contributed by atoms with van der Waals surface area (Å²) in [6, 6.07) is 8.18. The molecule has 17 heavy (non-hydrogen) atoms. The number of fused-ring (bicyclic) bond motifs is 1. The van der Waals surface area contributed by atoms with Crippen molar-refractivity contribution in [2.24, 2.45) is 11.8 Å². The highest BCUT2D eigenvalue weighted by Crippen LogP contribution is 2.34. The van der Waals surface area contributed by atoms with Crippen LogP contribution >= 0.6 is 0 Å². The van der Waals surface area contributed by atoms with Crippen molar-refractivity contribution in [1.29, 1.82) is 0 Å². The van der Waals surface area contributed by atoms with Crippen LogP contribution in [0.4, 0.5) is 5.69 Å². The molecule has 1 saturated carbocycles. The molecule has 2 nitrogen and oxygen atoms in total. The van der Waals surface area contributed by atoms with E-state index in [0.29, 0.717) is 0 Å². The topological polar surface area (TPSA) is 29.1 Å². The smallest absolute Gasteiger partial charge is 0.227 e. The molecule has 1 amide bonds. The molecule has 0 bridgehead atoms. The average molecular weight is 229 g/mol. The number of carbonyl (C=O) groups is 1. The Labute approximate surface area is 102 Å². The fourth-order valence-electron chi connectivity index (χ4n) is 3.25. The standard InChI is InChI=1S/C15H19NO/c17-15-13(9-11-5-1-2-6-11)10-12-7-3-4-8-14(12)16-15/h3-4,7-8,11,13H,1-2,5-6,9-10H2,(H,16,17). The van der Waals surface area contributed by atoms with E-state index in [4.69, 9.17) is 0 Å². The maximum Gasteiger partial charge on any atom is 0.227 e. The second kappa shape index (κ2) is 4.52. The van der Waals surface area contributed by atoms with Gasteiger partial charge in [0.15, 0.2) is 0 Å². The Morgan fingerprint density at radius 3 is 2.76 bits per heavy atom. The Bertz CT molecular complexity index is 421. The molecule has 1 fully saturated rings. The van der Waals surface area contributed by atoms with Crippen LogP contribution in [0.15, 0.2) is 24.3 Å². The summed E-state index contributed by atoms with van der Waals surface area (Å²) < 4.78 is 0. The van der Waals surface area contributed by atoms with Gasteiger partial charge in [0.2, 0.25) is 5.91 Å². The monoisotopic (exact) mass is 229 g/mol. The maximum absolute atomic E-state index is 12.0. The number of hydrogen-bond acceptors (Lipinski definition) is 1. The first-order valence-electron chi connectivity index (χ1n) is 6.71. The molecular weight excluding hydrogens is 210 g/mol. The Morgan fingerprint density at radius 2 is 1.94 bits per heavy atom. The molecule has 1 atom stereocenters. The Kier molecular flexibility index (Phi) is 2.87. The molecule has 0 spiro atoms. The van der Waals surface area contributed by atoms with Crippen LogP contribution in [0.1, 0.15) is 37.7 Å². The van der Waals surface area contributed by atoms with Crippen molar-refractivity contribution >= 4 is 11.6 Å². The van der Waals surface area contributed by atoms with Crippen molar-refractivity contribution in [3.05, 3.63) is 29.8 Å². The number of carbonyl (C=O) groups excluding carboxylic acids is 1. The molecular formula is C15H19NO. The van der Waals surface area contributed by atoms with E-state index in [-0.39, 0.29) is 11.8 Å². The summed E-state index contributed by atoms with van der Waals surface area (Å²) in [6.45, 7) is 0. The van der Waals surface area contributed by atoms with Crippen molar-refractivity contribution in [3.8, 4) is 0 Å². The Hall–Kier alpha value is -1.31. The van der Waals surface area contributed by atoms with Crippen molar-refractivity contribution in [2.45, 2.75) is 38.5 Å². The van der Waals surface area contributed by atoms with Crippen LogP contribution in [0.25, 0.3) is 0 Å². The van der Waals surface area contributed by atoms with E-state index in [1.807, 2.05) is 12.1 Å². The molecule has 1 aromatic carbocycles. The van der Waals surface area contributed by atoms with E-state index in [9.17, 15) is 4.79 Å². The van der Waals surface area contributed by atoms with Gasteiger partial charge in [-0.05, 0) is 30.4 Å². The van der Waals surface area contributed by atoms with Gasteiger partial charge in [-0.15, -0.1) is 0 Å². The van der Waals surface area contributed by atoms with Crippen LogP contribution in [0.5, 0.6) is 0 Å². The number of hydrogen-bond donors (Lipinski definition) is 1. The summed E-state index contributed by atoms with van der Waals surface area (Å²) >= 11 is 0. The molecule has 1 N–H and O–H groups in total. The fraction of sp³-hybridized carbons (Fsp3) is 0.533. The number of para-hydroxylation sites is 1. The van der Waals surface area contributed by atoms with Gasteiger partial charge in [0.1, 0.15) is 0 Å². The van der Waals surface area contributed by atoms with E-state index in [2.05, 4.69) is 17.4 Å². The zero-order chi connectivity index (χ0) is 11.7. The first-order valence-corrected chi connectivity index (χ1v) is 6.71. The van der Waals surface area contributed by atoms with Gasteiger partial charge in [0.05, 0.1) is 0 Å². The van der Waals surface area contributed by atoms with Crippen molar-refractivity contribution in [3.63, 3.8) is 0 Å². The molecule has 1 aliphatic heterocycles. The lowest BCUT2D eigenvalue weighted by atomic mass is 9.85. The van der Waals surface area contributed by atoms with Gasteiger partial charge in [0, 0.05) is 11.6 Å². The van der Waals surface area contributed by atoms with Crippen LogP contribution in [0.3, 0.4) is 0 Å². The Morgan fingerprint density at radius 1 is 1.18 bits per heavy atom. The molecule has 3 rings (SSSR count). The summed E-state index contributed by atoms with van der Waals surface area (Å²) in [5.74, 6) is 1.22. The van der Waals surface area contributed by atoms with Crippen molar-refractivity contribution in [1.82, 2.24) is 0 Å². The van der Waals surface area contributed by atoms with Gasteiger partial charge >= 0.3 is 0 Å². The third-order valence-electron chi connectivity index (χ3n) is 4.20. The first-order chi connectivity index (χ1) is 8.33. The van der Waals surface area contributed by atoms with Crippen LogP contribution in [-0.2, 0) is 11.2 Å². The van der Waals surface area contributed by atoms with Gasteiger partial charge < -0.3 is 5.32 Å². The number of anilines is 1. The first kappa shape index (κ1) is 10.8. The van der Waals surface area contributed by atoms with E-state index < -0.39 is 0 Å². The lowest BCUT2D eigenvalue weighted by Crippen LogP contribution is -2.31. The van der Waals surface area contributed by atoms with Crippen LogP contribution in [0.2, 0.25) is 0 Å². The van der Waals surface area contributed by atoms with E-state index >= 15 is 0 Å². The van der Waals surface area contributed by atoms with Gasteiger partial charge in [-0.3, -0.25) is 4.79 Å².